The number of amides is 1. The summed E-state index contributed by atoms with van der Waals surface area (Å²) in [4.78, 5) is 13.0. The Kier molecular flexibility index (Phi) is 8.91. The van der Waals surface area contributed by atoms with Gasteiger partial charge in [0, 0.05) is 10.7 Å². The largest absolute Gasteiger partial charge is 0.495 e. The van der Waals surface area contributed by atoms with E-state index < -0.39 is 32.5 Å². The van der Waals surface area contributed by atoms with Gasteiger partial charge in [-0.3, -0.25) is 13.8 Å². The Morgan fingerprint density at radius 1 is 0.805 bits per heavy atom. The van der Waals surface area contributed by atoms with Gasteiger partial charge in [-0.05, 0) is 92.2 Å². The highest BCUT2D eigenvalue weighted by Gasteiger charge is 2.27. The first-order valence-electron chi connectivity index (χ1n) is 12.3. The van der Waals surface area contributed by atoms with Gasteiger partial charge in [0.25, 0.3) is 20.0 Å². The molecule has 0 spiro atoms. The van der Waals surface area contributed by atoms with Gasteiger partial charge in [0.2, 0.25) is 5.91 Å². The van der Waals surface area contributed by atoms with Crippen LogP contribution in [-0.4, -0.2) is 36.4 Å². The molecule has 0 heterocycles. The lowest BCUT2D eigenvalue weighted by Crippen LogP contribution is -2.38. The molecule has 4 aromatic carbocycles. The number of ether oxygens (including phenoxy) is 1. The molecule has 0 saturated heterocycles. The molecule has 2 N–H and O–H groups in total. The molecule has 4 aromatic rings. The van der Waals surface area contributed by atoms with Crippen LogP contribution in [0.25, 0.3) is 0 Å². The number of anilines is 3. The molecule has 0 unspecified atom stereocenters. The van der Waals surface area contributed by atoms with Crippen molar-refractivity contribution in [1.82, 2.24) is 0 Å². The van der Waals surface area contributed by atoms with Gasteiger partial charge in [-0.1, -0.05) is 35.4 Å². The van der Waals surface area contributed by atoms with E-state index in [4.69, 9.17) is 16.3 Å². The standard InChI is InChI=1S/C29H28ClN3O6S2/c1-20-4-11-24(12-5-20)33(41(37,38)26-13-7-22(30)8-14-26)19-29(34)31-23-9-15-25(16-10-23)40(35,36)32-27-18-21(2)6-17-28(27)39-3/h4-18,32H,19H2,1-3H3,(H,31,34). The molecular formula is C29H28ClN3O6S2. The van der Waals surface area contributed by atoms with Crippen LogP contribution in [0.15, 0.2) is 101 Å². The van der Waals surface area contributed by atoms with Crippen molar-refractivity contribution < 1.29 is 26.4 Å². The summed E-state index contributed by atoms with van der Waals surface area (Å²) in [7, 11) is -6.63. The molecule has 0 aliphatic heterocycles. The van der Waals surface area contributed by atoms with Crippen molar-refractivity contribution >= 4 is 54.6 Å². The fourth-order valence-electron chi connectivity index (χ4n) is 3.91. The number of halogens is 1. The number of methoxy groups -OCH3 is 1. The maximum atomic E-state index is 13.5. The number of nitrogens with zero attached hydrogens (tertiary/aromatic N) is 1. The van der Waals surface area contributed by atoms with Crippen molar-refractivity contribution in [3.63, 3.8) is 0 Å². The van der Waals surface area contributed by atoms with Crippen molar-refractivity contribution in [3.05, 3.63) is 107 Å². The Labute approximate surface area is 244 Å². The van der Waals surface area contributed by atoms with Gasteiger partial charge in [-0.2, -0.15) is 0 Å². The van der Waals surface area contributed by atoms with Crippen LogP contribution < -0.4 is 19.1 Å². The fourth-order valence-corrected chi connectivity index (χ4v) is 6.52. The molecule has 0 aliphatic carbocycles. The summed E-state index contributed by atoms with van der Waals surface area (Å²) >= 11 is 5.93. The van der Waals surface area contributed by atoms with E-state index in [9.17, 15) is 21.6 Å². The van der Waals surface area contributed by atoms with Gasteiger partial charge in [0.1, 0.15) is 12.3 Å². The lowest BCUT2D eigenvalue weighted by Gasteiger charge is -2.24. The average molecular weight is 614 g/mol. The van der Waals surface area contributed by atoms with Crippen LogP contribution in [-0.2, 0) is 24.8 Å². The van der Waals surface area contributed by atoms with Crippen molar-refractivity contribution in [2.75, 3.05) is 28.0 Å². The van der Waals surface area contributed by atoms with E-state index >= 15 is 0 Å². The summed E-state index contributed by atoms with van der Waals surface area (Å²) in [5.74, 6) is -0.254. The van der Waals surface area contributed by atoms with Gasteiger partial charge in [0.05, 0.1) is 28.3 Å². The molecule has 1 amide bonds. The first-order chi connectivity index (χ1) is 19.4. The predicted octanol–water partition coefficient (Wildman–Crippen LogP) is 5.60. The smallest absolute Gasteiger partial charge is 0.264 e. The molecule has 12 heteroatoms. The lowest BCUT2D eigenvalue weighted by atomic mass is 10.2. The Morgan fingerprint density at radius 2 is 1.39 bits per heavy atom. The van der Waals surface area contributed by atoms with Gasteiger partial charge in [0.15, 0.2) is 0 Å². The number of hydrogen-bond donors (Lipinski definition) is 2. The first kappa shape index (κ1) is 29.9. The maximum Gasteiger partial charge on any atom is 0.264 e. The predicted molar refractivity (Wildman–Crippen MR) is 161 cm³/mol. The third kappa shape index (κ3) is 7.18. The number of carbonyl (C=O) groups is 1. The minimum Gasteiger partial charge on any atom is -0.495 e. The minimum atomic E-state index is -4.12. The van der Waals surface area contributed by atoms with E-state index in [0.29, 0.717) is 22.1 Å². The molecule has 41 heavy (non-hydrogen) atoms. The van der Waals surface area contributed by atoms with Crippen LogP contribution in [0.1, 0.15) is 11.1 Å². The van der Waals surface area contributed by atoms with E-state index in [-0.39, 0.29) is 15.5 Å². The second-order valence-corrected chi connectivity index (χ2v) is 13.2. The fraction of sp³-hybridized carbons (Fsp3) is 0.138. The molecular weight excluding hydrogens is 586 g/mol. The molecule has 0 aromatic heterocycles. The number of rotatable bonds is 10. The highest BCUT2D eigenvalue weighted by atomic mass is 35.5. The molecule has 9 nitrogen and oxygen atoms in total. The number of aryl methyl sites for hydroxylation is 2. The molecule has 4 rings (SSSR count). The zero-order valence-electron chi connectivity index (χ0n) is 22.5. The van der Waals surface area contributed by atoms with Crippen molar-refractivity contribution in [1.29, 1.82) is 0 Å². The van der Waals surface area contributed by atoms with Crippen LogP contribution in [0.4, 0.5) is 17.1 Å². The molecule has 0 radical (unpaired) electrons. The van der Waals surface area contributed by atoms with E-state index in [1.165, 1.54) is 55.6 Å². The van der Waals surface area contributed by atoms with Crippen LogP contribution in [0, 0.1) is 13.8 Å². The van der Waals surface area contributed by atoms with Crippen LogP contribution in [0.3, 0.4) is 0 Å². The topological polar surface area (TPSA) is 122 Å². The van der Waals surface area contributed by atoms with E-state index in [1.807, 2.05) is 13.8 Å². The summed E-state index contributed by atoms with van der Waals surface area (Å²) in [6.07, 6.45) is 0. The zero-order valence-corrected chi connectivity index (χ0v) is 24.8. The second kappa shape index (κ2) is 12.2. The Balaban J connectivity index is 1.53. The molecule has 0 saturated carbocycles. The number of sulfonamides is 2. The summed E-state index contributed by atoms with van der Waals surface area (Å²) in [5, 5.41) is 3.02. The van der Waals surface area contributed by atoms with Gasteiger partial charge in [-0.15, -0.1) is 0 Å². The molecule has 214 valence electrons. The number of benzene rings is 4. The third-order valence-electron chi connectivity index (χ3n) is 6.06. The monoisotopic (exact) mass is 613 g/mol. The summed E-state index contributed by atoms with van der Waals surface area (Å²) in [5.41, 5.74) is 2.66. The molecule has 0 fully saturated rings. The normalized spacial score (nSPS) is 11.5. The number of carbonyl (C=O) groups excluding carboxylic acids is 1. The average Bonchev–Trinajstić information content (AvgIpc) is 2.93. The van der Waals surface area contributed by atoms with Crippen molar-refractivity contribution in [2.24, 2.45) is 0 Å². The van der Waals surface area contributed by atoms with E-state index in [2.05, 4.69) is 10.0 Å². The third-order valence-corrected chi connectivity index (χ3v) is 9.48. The van der Waals surface area contributed by atoms with Crippen molar-refractivity contribution in [2.45, 2.75) is 23.6 Å². The first-order valence-corrected chi connectivity index (χ1v) is 15.6. The quantitative estimate of drug-likeness (QED) is 0.240. The highest BCUT2D eigenvalue weighted by Crippen LogP contribution is 2.29. The van der Waals surface area contributed by atoms with Gasteiger partial charge < -0.3 is 10.1 Å². The Bertz CT molecular complexity index is 1760. The number of hydrogen-bond acceptors (Lipinski definition) is 6. The van der Waals surface area contributed by atoms with E-state index in [0.717, 1.165) is 15.4 Å². The summed E-state index contributed by atoms with van der Waals surface area (Å²) < 4.78 is 61.7. The minimum absolute atomic E-state index is 0.0254. The summed E-state index contributed by atoms with van der Waals surface area (Å²) in [6, 6.07) is 23.0. The van der Waals surface area contributed by atoms with Crippen LogP contribution >= 0.6 is 11.6 Å². The Morgan fingerprint density at radius 3 is 2.00 bits per heavy atom. The van der Waals surface area contributed by atoms with Crippen LogP contribution in [0.5, 0.6) is 5.75 Å². The Hall–Kier alpha value is -4.06. The van der Waals surface area contributed by atoms with Crippen LogP contribution in [0.2, 0.25) is 5.02 Å². The van der Waals surface area contributed by atoms with Gasteiger partial charge >= 0.3 is 0 Å². The summed E-state index contributed by atoms with van der Waals surface area (Å²) in [6.45, 7) is 3.17. The maximum absolute atomic E-state index is 13.5. The van der Waals surface area contributed by atoms with Gasteiger partial charge in [-0.25, -0.2) is 16.8 Å². The molecule has 0 bridgehead atoms. The number of nitrogens with one attached hydrogen (secondary N) is 2. The molecule has 0 aliphatic rings. The SMILES string of the molecule is COc1ccc(C)cc1NS(=O)(=O)c1ccc(NC(=O)CN(c2ccc(C)cc2)S(=O)(=O)c2ccc(Cl)cc2)cc1. The lowest BCUT2D eigenvalue weighted by molar-refractivity contribution is -0.114. The van der Waals surface area contributed by atoms with Crippen molar-refractivity contribution in [3.8, 4) is 5.75 Å². The van der Waals surface area contributed by atoms with E-state index in [1.54, 1.807) is 42.5 Å². The zero-order chi connectivity index (χ0) is 29.8. The highest BCUT2D eigenvalue weighted by molar-refractivity contribution is 7.93. The second-order valence-electron chi connectivity index (χ2n) is 9.18. The molecule has 0 atom stereocenters.